The molecule has 0 spiro atoms. The van der Waals surface area contributed by atoms with Crippen LogP contribution < -0.4 is 0 Å². The number of hydrogen-bond donors (Lipinski definition) is 1. The molecule has 0 aromatic heterocycles. The zero-order valence-electron chi connectivity index (χ0n) is 11.7. The van der Waals surface area contributed by atoms with E-state index in [1.807, 2.05) is 0 Å². The van der Waals surface area contributed by atoms with Crippen molar-refractivity contribution in [3.63, 3.8) is 0 Å². The van der Waals surface area contributed by atoms with Gasteiger partial charge in [0.1, 0.15) is 0 Å². The molecule has 2 aliphatic heterocycles. The standard InChI is InChI=1S/C12H18N2O7/c1-19-11(17)9-7-14(3-5-21-9)12(18)13-2-4-20-8(6-13)10(15)16/h8-9H,2-7H2,1H3,(H,15,16). The van der Waals surface area contributed by atoms with Crippen molar-refractivity contribution in [2.24, 2.45) is 0 Å². The highest BCUT2D eigenvalue weighted by atomic mass is 16.6. The summed E-state index contributed by atoms with van der Waals surface area (Å²) in [5.74, 6) is -1.63. The van der Waals surface area contributed by atoms with E-state index in [9.17, 15) is 14.4 Å². The van der Waals surface area contributed by atoms with E-state index in [0.717, 1.165) is 0 Å². The van der Waals surface area contributed by atoms with Gasteiger partial charge in [-0.3, -0.25) is 0 Å². The molecule has 0 radical (unpaired) electrons. The van der Waals surface area contributed by atoms with E-state index >= 15 is 0 Å². The zero-order valence-corrected chi connectivity index (χ0v) is 11.7. The van der Waals surface area contributed by atoms with Gasteiger partial charge in [0.2, 0.25) is 0 Å². The molecule has 1 N–H and O–H groups in total. The first-order valence-corrected chi connectivity index (χ1v) is 6.60. The van der Waals surface area contributed by atoms with Gasteiger partial charge >= 0.3 is 18.0 Å². The SMILES string of the molecule is COC(=O)C1CN(C(=O)N2CCOC(C(=O)O)C2)CCO1. The first-order valence-electron chi connectivity index (χ1n) is 6.60. The molecule has 21 heavy (non-hydrogen) atoms. The summed E-state index contributed by atoms with van der Waals surface area (Å²) in [4.78, 5) is 37.6. The fraction of sp³-hybridized carbons (Fsp3) is 0.750. The van der Waals surface area contributed by atoms with Crippen LogP contribution in [0.1, 0.15) is 0 Å². The van der Waals surface area contributed by atoms with Crippen molar-refractivity contribution in [1.29, 1.82) is 0 Å². The molecule has 2 rings (SSSR count). The van der Waals surface area contributed by atoms with E-state index in [2.05, 4.69) is 4.74 Å². The van der Waals surface area contributed by atoms with Crippen molar-refractivity contribution in [3.8, 4) is 0 Å². The molecule has 2 unspecified atom stereocenters. The second-order valence-electron chi connectivity index (χ2n) is 4.75. The molecule has 118 valence electrons. The molecule has 2 atom stereocenters. The molecule has 2 heterocycles. The van der Waals surface area contributed by atoms with Crippen LogP contribution >= 0.6 is 0 Å². The maximum Gasteiger partial charge on any atom is 0.336 e. The van der Waals surface area contributed by atoms with Crippen molar-refractivity contribution in [3.05, 3.63) is 0 Å². The highest BCUT2D eigenvalue weighted by Crippen LogP contribution is 2.13. The van der Waals surface area contributed by atoms with Crippen LogP contribution in [0.4, 0.5) is 4.79 Å². The van der Waals surface area contributed by atoms with E-state index in [1.54, 1.807) is 0 Å². The number of esters is 1. The van der Waals surface area contributed by atoms with Crippen molar-refractivity contribution in [2.75, 3.05) is 46.5 Å². The Hall–Kier alpha value is -1.87. The molecule has 2 aliphatic rings. The third-order valence-corrected chi connectivity index (χ3v) is 3.41. The maximum atomic E-state index is 12.4. The van der Waals surface area contributed by atoms with E-state index in [4.69, 9.17) is 14.6 Å². The summed E-state index contributed by atoms with van der Waals surface area (Å²) in [6.45, 7) is 1.17. The predicted octanol–water partition coefficient (Wildman–Crippen LogP) is -1.23. The lowest BCUT2D eigenvalue weighted by molar-refractivity contribution is -0.158. The summed E-state index contributed by atoms with van der Waals surface area (Å²) in [7, 11) is 1.26. The van der Waals surface area contributed by atoms with Gasteiger partial charge < -0.3 is 29.1 Å². The van der Waals surface area contributed by atoms with Crippen LogP contribution in [0.25, 0.3) is 0 Å². The number of amides is 2. The maximum absolute atomic E-state index is 12.4. The molecule has 0 aliphatic carbocycles. The molecular formula is C12H18N2O7. The minimum Gasteiger partial charge on any atom is -0.479 e. The van der Waals surface area contributed by atoms with Crippen LogP contribution in [0.5, 0.6) is 0 Å². The molecule has 2 amide bonds. The van der Waals surface area contributed by atoms with Gasteiger partial charge in [0.25, 0.3) is 0 Å². The number of carbonyl (C=O) groups is 3. The average Bonchev–Trinajstić information content (AvgIpc) is 2.53. The summed E-state index contributed by atoms with van der Waals surface area (Å²) in [5, 5.41) is 8.94. The number of methoxy groups -OCH3 is 1. The molecule has 0 aromatic rings. The summed E-state index contributed by atoms with van der Waals surface area (Å²) < 4.78 is 14.9. The number of rotatable bonds is 2. The van der Waals surface area contributed by atoms with Gasteiger partial charge in [0.05, 0.1) is 33.4 Å². The Balaban J connectivity index is 1.95. The fourth-order valence-electron chi connectivity index (χ4n) is 2.27. The van der Waals surface area contributed by atoms with Crippen LogP contribution in [0, 0.1) is 0 Å². The Labute approximate surface area is 121 Å². The number of nitrogens with zero attached hydrogens (tertiary/aromatic N) is 2. The predicted molar refractivity (Wildman–Crippen MR) is 67.7 cm³/mol. The fourth-order valence-corrected chi connectivity index (χ4v) is 2.27. The molecule has 0 saturated carbocycles. The highest BCUT2D eigenvalue weighted by Gasteiger charge is 2.35. The Morgan fingerprint density at radius 2 is 1.57 bits per heavy atom. The minimum atomic E-state index is -1.10. The van der Waals surface area contributed by atoms with E-state index in [0.29, 0.717) is 13.1 Å². The van der Waals surface area contributed by atoms with Gasteiger partial charge in [-0.2, -0.15) is 0 Å². The lowest BCUT2D eigenvalue weighted by Gasteiger charge is -2.38. The second kappa shape index (κ2) is 6.72. The number of aliphatic carboxylic acids is 1. The van der Waals surface area contributed by atoms with Gasteiger partial charge in [-0.25, -0.2) is 14.4 Å². The van der Waals surface area contributed by atoms with Crippen molar-refractivity contribution in [1.82, 2.24) is 9.80 Å². The molecule has 0 aromatic carbocycles. The van der Waals surface area contributed by atoms with E-state index in [1.165, 1.54) is 16.9 Å². The monoisotopic (exact) mass is 302 g/mol. The Morgan fingerprint density at radius 3 is 2.10 bits per heavy atom. The normalized spacial score (nSPS) is 26.3. The summed E-state index contributed by atoms with van der Waals surface area (Å²) in [6.07, 6.45) is -1.82. The molecule has 9 nitrogen and oxygen atoms in total. The highest BCUT2D eigenvalue weighted by molar-refractivity contribution is 5.79. The first-order chi connectivity index (χ1) is 10.0. The minimum absolute atomic E-state index is 0.00554. The molecule has 9 heteroatoms. The lowest BCUT2D eigenvalue weighted by atomic mass is 10.2. The zero-order chi connectivity index (χ0) is 15.4. The largest absolute Gasteiger partial charge is 0.479 e. The Bertz CT molecular complexity index is 428. The van der Waals surface area contributed by atoms with E-state index < -0.39 is 24.1 Å². The Kier molecular flexibility index (Phi) is 4.97. The third-order valence-electron chi connectivity index (χ3n) is 3.41. The summed E-state index contributed by atoms with van der Waals surface area (Å²) in [6, 6.07) is -0.318. The van der Waals surface area contributed by atoms with Crippen LogP contribution in [0.3, 0.4) is 0 Å². The summed E-state index contributed by atoms with van der Waals surface area (Å²) >= 11 is 0. The molecule has 2 fully saturated rings. The number of hydrogen-bond acceptors (Lipinski definition) is 6. The van der Waals surface area contributed by atoms with Crippen LogP contribution in [0.2, 0.25) is 0 Å². The number of carbonyl (C=O) groups excluding carboxylic acids is 2. The van der Waals surface area contributed by atoms with Gasteiger partial charge in [0, 0.05) is 13.1 Å². The van der Waals surface area contributed by atoms with Crippen LogP contribution in [0.15, 0.2) is 0 Å². The van der Waals surface area contributed by atoms with E-state index in [-0.39, 0.29) is 32.3 Å². The summed E-state index contributed by atoms with van der Waals surface area (Å²) in [5.41, 5.74) is 0. The number of ether oxygens (including phenoxy) is 3. The van der Waals surface area contributed by atoms with Crippen molar-refractivity contribution < 1.29 is 33.7 Å². The molecule has 2 saturated heterocycles. The molecule has 0 bridgehead atoms. The van der Waals surface area contributed by atoms with Crippen molar-refractivity contribution >= 4 is 18.0 Å². The van der Waals surface area contributed by atoms with Gasteiger partial charge in [-0.05, 0) is 0 Å². The second-order valence-corrected chi connectivity index (χ2v) is 4.75. The van der Waals surface area contributed by atoms with Gasteiger partial charge in [0.15, 0.2) is 12.2 Å². The number of carboxylic acids is 1. The lowest BCUT2D eigenvalue weighted by Crippen LogP contribution is -2.57. The van der Waals surface area contributed by atoms with Gasteiger partial charge in [-0.1, -0.05) is 0 Å². The third kappa shape index (κ3) is 3.61. The van der Waals surface area contributed by atoms with Gasteiger partial charge in [-0.15, -0.1) is 0 Å². The Morgan fingerprint density at radius 1 is 1.05 bits per heavy atom. The van der Waals surface area contributed by atoms with Crippen molar-refractivity contribution in [2.45, 2.75) is 12.2 Å². The topological polar surface area (TPSA) is 106 Å². The number of urea groups is 1. The van der Waals surface area contributed by atoms with Crippen LogP contribution in [-0.2, 0) is 23.8 Å². The smallest absolute Gasteiger partial charge is 0.336 e. The molecular weight excluding hydrogens is 284 g/mol. The average molecular weight is 302 g/mol. The number of morpholine rings is 2. The van der Waals surface area contributed by atoms with Crippen LogP contribution in [-0.4, -0.2) is 91.6 Å². The number of carboxylic acid groups (broad SMARTS) is 1. The quantitative estimate of drug-likeness (QED) is 0.636. The first kappa shape index (κ1) is 15.5.